The summed E-state index contributed by atoms with van der Waals surface area (Å²) >= 11 is 0. The Morgan fingerprint density at radius 3 is 2.44 bits per heavy atom. The second kappa shape index (κ2) is 4.79. The van der Waals surface area contributed by atoms with Crippen LogP contribution in [0.15, 0.2) is 48.5 Å². The minimum Gasteiger partial charge on any atom is -0.508 e. The Balaban J connectivity index is 2.08. The number of halogens is 1. The lowest BCUT2D eigenvalue weighted by atomic mass is 10.0. The first kappa shape index (κ1) is 10.7. The minimum atomic E-state index is -0.305. The van der Waals surface area contributed by atoms with Gasteiger partial charge in [0.2, 0.25) is 0 Å². The van der Waals surface area contributed by atoms with E-state index in [1.54, 1.807) is 0 Å². The molecule has 0 aliphatic carbocycles. The van der Waals surface area contributed by atoms with Crippen LogP contribution in [0.5, 0.6) is 5.75 Å². The molecule has 0 fully saturated rings. The molecule has 2 aromatic carbocycles. The van der Waals surface area contributed by atoms with E-state index in [0.29, 0.717) is 12.0 Å². The Hall–Kier alpha value is -1.83. The zero-order chi connectivity index (χ0) is 11.4. The van der Waals surface area contributed by atoms with Crippen LogP contribution >= 0.6 is 0 Å². The fourth-order valence-electron chi connectivity index (χ4n) is 1.68. The van der Waals surface area contributed by atoms with Crippen molar-refractivity contribution in [2.24, 2.45) is 0 Å². The second-order valence-electron chi connectivity index (χ2n) is 3.76. The molecule has 0 saturated heterocycles. The molecule has 2 aromatic rings. The Morgan fingerprint density at radius 2 is 1.69 bits per heavy atom. The molecule has 82 valence electrons. The normalized spacial score (nSPS) is 10.3. The Kier molecular flexibility index (Phi) is 3.20. The van der Waals surface area contributed by atoms with E-state index in [4.69, 9.17) is 0 Å². The van der Waals surface area contributed by atoms with Gasteiger partial charge in [0.25, 0.3) is 0 Å². The summed E-state index contributed by atoms with van der Waals surface area (Å²) in [5.41, 5.74) is 1.84. The summed E-state index contributed by atoms with van der Waals surface area (Å²) in [4.78, 5) is 0. The summed E-state index contributed by atoms with van der Waals surface area (Å²) in [7, 11) is 0. The predicted molar refractivity (Wildman–Crippen MR) is 61.9 cm³/mol. The van der Waals surface area contributed by atoms with Crippen molar-refractivity contribution in [2.45, 2.75) is 12.8 Å². The number of rotatable bonds is 3. The maximum absolute atomic E-state index is 13.0. The molecule has 2 heteroatoms. The second-order valence-corrected chi connectivity index (χ2v) is 3.76. The van der Waals surface area contributed by atoms with Crippen LogP contribution in [0.1, 0.15) is 11.1 Å². The first-order chi connectivity index (χ1) is 7.75. The summed E-state index contributed by atoms with van der Waals surface area (Å²) in [6.07, 6.45) is 1.45. The molecule has 0 unspecified atom stereocenters. The van der Waals surface area contributed by atoms with Crippen molar-refractivity contribution in [1.29, 1.82) is 0 Å². The van der Waals surface area contributed by atoms with E-state index in [-0.39, 0.29) is 11.6 Å². The molecule has 1 N–H and O–H groups in total. The van der Waals surface area contributed by atoms with E-state index in [1.165, 1.54) is 23.8 Å². The summed E-state index contributed by atoms with van der Waals surface area (Å²) < 4.78 is 13.0. The molecule has 0 aliphatic heterocycles. The number of phenolic OH excluding ortho intramolecular Hbond substituents is 1. The van der Waals surface area contributed by atoms with Gasteiger partial charge in [-0.3, -0.25) is 0 Å². The average Bonchev–Trinajstić information content (AvgIpc) is 2.32. The zero-order valence-corrected chi connectivity index (χ0v) is 8.86. The monoisotopic (exact) mass is 216 g/mol. The molecule has 0 amide bonds. The topological polar surface area (TPSA) is 20.2 Å². The third-order valence-corrected chi connectivity index (χ3v) is 2.57. The first-order valence-electron chi connectivity index (χ1n) is 5.27. The van der Waals surface area contributed by atoms with Crippen molar-refractivity contribution in [2.75, 3.05) is 0 Å². The van der Waals surface area contributed by atoms with Crippen molar-refractivity contribution in [3.63, 3.8) is 0 Å². The Bertz CT molecular complexity index is 465. The van der Waals surface area contributed by atoms with Crippen LogP contribution in [-0.4, -0.2) is 5.11 Å². The highest BCUT2D eigenvalue weighted by atomic mass is 19.1. The van der Waals surface area contributed by atoms with E-state index in [2.05, 4.69) is 0 Å². The SMILES string of the molecule is Oc1ccc(F)cc1CCc1ccccc1. The maximum Gasteiger partial charge on any atom is 0.123 e. The van der Waals surface area contributed by atoms with E-state index >= 15 is 0 Å². The quantitative estimate of drug-likeness (QED) is 0.834. The van der Waals surface area contributed by atoms with Crippen molar-refractivity contribution in [3.05, 3.63) is 65.5 Å². The van der Waals surface area contributed by atoms with Gasteiger partial charge in [-0.2, -0.15) is 0 Å². The van der Waals surface area contributed by atoms with Crippen LogP contribution in [0, 0.1) is 5.82 Å². The summed E-state index contributed by atoms with van der Waals surface area (Å²) in [6.45, 7) is 0. The van der Waals surface area contributed by atoms with Crippen LogP contribution in [-0.2, 0) is 12.8 Å². The van der Waals surface area contributed by atoms with Crippen molar-refractivity contribution in [1.82, 2.24) is 0 Å². The number of phenols is 1. The highest BCUT2D eigenvalue weighted by Gasteiger charge is 2.03. The average molecular weight is 216 g/mol. The standard InChI is InChI=1S/C14H13FO/c15-13-8-9-14(16)12(10-13)7-6-11-4-2-1-3-5-11/h1-5,8-10,16H,6-7H2. The molecule has 2 rings (SSSR count). The number of hydrogen-bond donors (Lipinski definition) is 1. The van der Waals surface area contributed by atoms with E-state index in [0.717, 1.165) is 6.42 Å². The highest BCUT2D eigenvalue weighted by Crippen LogP contribution is 2.19. The van der Waals surface area contributed by atoms with Gasteiger partial charge >= 0.3 is 0 Å². The molecule has 0 heterocycles. The third-order valence-electron chi connectivity index (χ3n) is 2.57. The summed E-state index contributed by atoms with van der Waals surface area (Å²) in [6, 6.07) is 14.0. The lowest BCUT2D eigenvalue weighted by Crippen LogP contribution is -1.92. The summed E-state index contributed by atoms with van der Waals surface area (Å²) in [5, 5.41) is 9.55. The van der Waals surface area contributed by atoms with Gasteiger partial charge in [0, 0.05) is 0 Å². The van der Waals surface area contributed by atoms with Crippen LogP contribution < -0.4 is 0 Å². The minimum absolute atomic E-state index is 0.164. The lowest BCUT2D eigenvalue weighted by Gasteiger charge is -2.04. The van der Waals surface area contributed by atoms with Crippen molar-refractivity contribution >= 4 is 0 Å². The van der Waals surface area contributed by atoms with Crippen molar-refractivity contribution in [3.8, 4) is 5.75 Å². The van der Waals surface area contributed by atoms with Gasteiger partial charge < -0.3 is 5.11 Å². The van der Waals surface area contributed by atoms with E-state index in [9.17, 15) is 9.50 Å². The van der Waals surface area contributed by atoms with Gasteiger partial charge in [0.05, 0.1) is 0 Å². The van der Waals surface area contributed by atoms with Crippen LogP contribution in [0.3, 0.4) is 0 Å². The molecule has 0 radical (unpaired) electrons. The Morgan fingerprint density at radius 1 is 0.938 bits per heavy atom. The largest absolute Gasteiger partial charge is 0.508 e. The molecular weight excluding hydrogens is 203 g/mol. The molecule has 0 bridgehead atoms. The van der Waals surface area contributed by atoms with E-state index < -0.39 is 0 Å². The zero-order valence-electron chi connectivity index (χ0n) is 8.86. The summed E-state index contributed by atoms with van der Waals surface area (Å²) in [5.74, 6) is -0.141. The molecule has 1 nitrogen and oxygen atoms in total. The fraction of sp³-hybridized carbons (Fsp3) is 0.143. The lowest BCUT2D eigenvalue weighted by molar-refractivity contribution is 0.465. The van der Waals surface area contributed by atoms with Gasteiger partial charge in [-0.05, 0) is 42.2 Å². The fourth-order valence-corrected chi connectivity index (χ4v) is 1.68. The Labute approximate surface area is 94.2 Å². The smallest absolute Gasteiger partial charge is 0.123 e. The first-order valence-corrected chi connectivity index (χ1v) is 5.27. The molecule has 0 aromatic heterocycles. The number of aromatic hydroxyl groups is 1. The van der Waals surface area contributed by atoms with E-state index in [1.807, 2.05) is 30.3 Å². The van der Waals surface area contributed by atoms with Crippen LogP contribution in [0.25, 0.3) is 0 Å². The van der Waals surface area contributed by atoms with Gasteiger partial charge in [0.1, 0.15) is 11.6 Å². The van der Waals surface area contributed by atoms with Crippen LogP contribution in [0.2, 0.25) is 0 Å². The third kappa shape index (κ3) is 2.60. The molecule has 16 heavy (non-hydrogen) atoms. The van der Waals surface area contributed by atoms with Gasteiger partial charge in [-0.25, -0.2) is 4.39 Å². The highest BCUT2D eigenvalue weighted by molar-refractivity contribution is 5.33. The number of hydrogen-bond acceptors (Lipinski definition) is 1. The molecule has 0 saturated carbocycles. The number of aryl methyl sites for hydroxylation is 2. The molecular formula is C14H13FO. The molecule has 0 spiro atoms. The molecule has 0 atom stereocenters. The van der Waals surface area contributed by atoms with Crippen LogP contribution in [0.4, 0.5) is 4.39 Å². The van der Waals surface area contributed by atoms with Gasteiger partial charge in [-0.1, -0.05) is 30.3 Å². The van der Waals surface area contributed by atoms with Crippen molar-refractivity contribution < 1.29 is 9.50 Å². The number of benzene rings is 2. The molecule has 0 aliphatic rings. The van der Waals surface area contributed by atoms with Gasteiger partial charge in [0.15, 0.2) is 0 Å². The maximum atomic E-state index is 13.0. The van der Waals surface area contributed by atoms with Gasteiger partial charge in [-0.15, -0.1) is 0 Å². The predicted octanol–water partition coefficient (Wildman–Crippen LogP) is 3.32.